The lowest BCUT2D eigenvalue weighted by Gasteiger charge is -2.17. The Hall–Kier alpha value is -3.59. The van der Waals surface area contributed by atoms with Gasteiger partial charge in [0.05, 0.1) is 21.8 Å². The molecule has 3 rings (SSSR count). The van der Waals surface area contributed by atoms with E-state index in [1.165, 1.54) is 18.4 Å². The van der Waals surface area contributed by atoms with Crippen molar-refractivity contribution in [2.75, 3.05) is 5.75 Å². The number of nitrogens with zero attached hydrogens (tertiary/aromatic N) is 1. The zero-order valence-corrected chi connectivity index (χ0v) is 15.9. The first kappa shape index (κ1) is 20.2. The highest BCUT2D eigenvalue weighted by Gasteiger charge is 2.21. The standard InChI is InChI=1S/C20H17N3O5S/c21-20(25)14-8-9-17(15(11-14)23(26)27)29-12-18(24)22-19(16-7-4-10-28-16)13-5-2-1-3-6-13/h1-11,19H,12H2,(H2,21,25)(H,22,24). The summed E-state index contributed by atoms with van der Waals surface area (Å²) < 4.78 is 5.45. The molecule has 9 heteroatoms. The number of nitrogens with one attached hydrogen (secondary N) is 1. The molecule has 0 saturated carbocycles. The SMILES string of the molecule is NC(=O)c1ccc(SCC(=O)NC(c2ccccc2)c2ccco2)c([N+](=O)[O-])c1. The van der Waals surface area contributed by atoms with Crippen molar-refractivity contribution in [3.63, 3.8) is 0 Å². The van der Waals surface area contributed by atoms with E-state index in [-0.39, 0.29) is 27.8 Å². The maximum absolute atomic E-state index is 12.5. The minimum Gasteiger partial charge on any atom is -0.467 e. The molecule has 29 heavy (non-hydrogen) atoms. The normalized spacial score (nSPS) is 11.6. The summed E-state index contributed by atoms with van der Waals surface area (Å²) in [6, 6.07) is 16.3. The highest BCUT2D eigenvalue weighted by molar-refractivity contribution is 8.00. The number of rotatable bonds is 8. The van der Waals surface area contributed by atoms with Gasteiger partial charge in [0.2, 0.25) is 11.8 Å². The first-order valence-electron chi connectivity index (χ1n) is 8.54. The number of hydrogen-bond donors (Lipinski definition) is 2. The van der Waals surface area contributed by atoms with E-state index in [0.717, 1.165) is 23.4 Å². The third kappa shape index (κ3) is 5.02. The highest BCUT2D eigenvalue weighted by Crippen LogP contribution is 2.30. The molecule has 0 saturated heterocycles. The lowest BCUT2D eigenvalue weighted by molar-refractivity contribution is -0.387. The van der Waals surface area contributed by atoms with Gasteiger partial charge in [-0.15, -0.1) is 11.8 Å². The summed E-state index contributed by atoms with van der Waals surface area (Å²) in [5, 5.41) is 14.2. The zero-order chi connectivity index (χ0) is 20.8. The number of amides is 2. The van der Waals surface area contributed by atoms with Gasteiger partial charge < -0.3 is 15.5 Å². The van der Waals surface area contributed by atoms with Gasteiger partial charge >= 0.3 is 0 Å². The van der Waals surface area contributed by atoms with Crippen molar-refractivity contribution in [2.45, 2.75) is 10.9 Å². The molecule has 1 atom stereocenters. The third-order valence-electron chi connectivity index (χ3n) is 4.06. The van der Waals surface area contributed by atoms with E-state index in [1.54, 1.807) is 12.1 Å². The fourth-order valence-corrected chi connectivity index (χ4v) is 3.52. The summed E-state index contributed by atoms with van der Waals surface area (Å²) in [4.78, 5) is 34.7. The molecule has 1 heterocycles. The van der Waals surface area contributed by atoms with Gasteiger partial charge in [-0.1, -0.05) is 30.3 Å². The zero-order valence-electron chi connectivity index (χ0n) is 15.1. The van der Waals surface area contributed by atoms with E-state index in [9.17, 15) is 19.7 Å². The summed E-state index contributed by atoms with van der Waals surface area (Å²) in [5.41, 5.74) is 5.78. The van der Waals surface area contributed by atoms with Crippen molar-refractivity contribution < 1.29 is 18.9 Å². The Kier molecular flexibility index (Phi) is 6.30. The molecule has 0 aliphatic rings. The van der Waals surface area contributed by atoms with Crippen LogP contribution in [0.1, 0.15) is 27.7 Å². The molecule has 8 nitrogen and oxygen atoms in total. The predicted molar refractivity (Wildman–Crippen MR) is 107 cm³/mol. The van der Waals surface area contributed by atoms with Crippen LogP contribution in [-0.4, -0.2) is 22.5 Å². The Morgan fingerprint density at radius 3 is 2.52 bits per heavy atom. The largest absolute Gasteiger partial charge is 0.467 e. The molecule has 0 spiro atoms. The van der Waals surface area contributed by atoms with Crippen molar-refractivity contribution in [3.8, 4) is 0 Å². The summed E-state index contributed by atoms with van der Waals surface area (Å²) in [6.45, 7) is 0. The first-order chi connectivity index (χ1) is 14.0. The molecule has 148 valence electrons. The van der Waals surface area contributed by atoms with Crippen LogP contribution in [0.5, 0.6) is 0 Å². The molecule has 0 radical (unpaired) electrons. The molecule has 0 bridgehead atoms. The Morgan fingerprint density at radius 1 is 1.14 bits per heavy atom. The number of carbonyl (C=O) groups excluding carboxylic acids is 2. The second kappa shape index (κ2) is 9.07. The minimum absolute atomic E-state index is 0.0347. The van der Waals surface area contributed by atoms with Gasteiger partial charge in [0.25, 0.3) is 5.69 Å². The Balaban J connectivity index is 1.73. The summed E-state index contributed by atoms with van der Waals surface area (Å²) in [6.07, 6.45) is 1.52. The number of nitro benzene ring substituents is 1. The van der Waals surface area contributed by atoms with Crippen molar-refractivity contribution >= 4 is 29.3 Å². The van der Waals surface area contributed by atoms with Crippen LogP contribution in [0.4, 0.5) is 5.69 Å². The van der Waals surface area contributed by atoms with E-state index < -0.39 is 16.9 Å². The van der Waals surface area contributed by atoms with Gasteiger partial charge in [-0.3, -0.25) is 19.7 Å². The molecular weight excluding hydrogens is 394 g/mol. The van der Waals surface area contributed by atoms with Crippen molar-refractivity contribution in [3.05, 3.63) is 93.9 Å². The van der Waals surface area contributed by atoms with Gasteiger partial charge in [-0.25, -0.2) is 0 Å². The van der Waals surface area contributed by atoms with Crippen LogP contribution in [0.2, 0.25) is 0 Å². The van der Waals surface area contributed by atoms with E-state index in [1.807, 2.05) is 30.3 Å². The molecule has 1 unspecified atom stereocenters. The van der Waals surface area contributed by atoms with Gasteiger partial charge in [0, 0.05) is 11.6 Å². The van der Waals surface area contributed by atoms with Crippen LogP contribution in [0.15, 0.2) is 76.2 Å². The van der Waals surface area contributed by atoms with Crippen LogP contribution in [-0.2, 0) is 4.79 Å². The second-order valence-corrected chi connectivity index (χ2v) is 7.04. The topological polar surface area (TPSA) is 128 Å². The Labute approximate surface area is 170 Å². The number of nitrogens with two attached hydrogens (primary N) is 1. The Morgan fingerprint density at radius 2 is 1.90 bits per heavy atom. The number of benzene rings is 2. The second-order valence-electron chi connectivity index (χ2n) is 6.02. The minimum atomic E-state index is -0.758. The van der Waals surface area contributed by atoms with Crippen molar-refractivity contribution in [2.24, 2.45) is 5.73 Å². The molecule has 0 fully saturated rings. The summed E-state index contributed by atoms with van der Waals surface area (Å²) in [7, 11) is 0. The van der Waals surface area contributed by atoms with Gasteiger partial charge in [0.1, 0.15) is 11.8 Å². The lowest BCUT2D eigenvalue weighted by atomic mass is 10.0. The number of primary amides is 1. The smallest absolute Gasteiger partial charge is 0.283 e. The predicted octanol–water partition coefficient (Wildman–Crippen LogP) is 3.28. The molecule has 3 N–H and O–H groups in total. The van der Waals surface area contributed by atoms with Gasteiger partial charge in [-0.2, -0.15) is 0 Å². The van der Waals surface area contributed by atoms with E-state index in [2.05, 4.69) is 5.32 Å². The average molecular weight is 411 g/mol. The molecular formula is C20H17N3O5S. The lowest BCUT2D eigenvalue weighted by Crippen LogP contribution is -2.30. The van der Waals surface area contributed by atoms with Gasteiger partial charge in [-0.05, 0) is 29.8 Å². The van der Waals surface area contributed by atoms with Gasteiger partial charge in [0.15, 0.2) is 0 Å². The number of thioether (sulfide) groups is 1. The van der Waals surface area contributed by atoms with E-state index in [4.69, 9.17) is 10.2 Å². The van der Waals surface area contributed by atoms with E-state index >= 15 is 0 Å². The maximum Gasteiger partial charge on any atom is 0.283 e. The number of carbonyl (C=O) groups is 2. The van der Waals surface area contributed by atoms with Crippen molar-refractivity contribution in [1.29, 1.82) is 0 Å². The average Bonchev–Trinajstić information content (AvgIpc) is 3.25. The first-order valence-corrected chi connectivity index (χ1v) is 9.53. The van der Waals surface area contributed by atoms with Crippen molar-refractivity contribution in [1.82, 2.24) is 5.32 Å². The summed E-state index contributed by atoms with van der Waals surface area (Å²) >= 11 is 1.00. The third-order valence-corrected chi connectivity index (χ3v) is 5.13. The molecule has 0 aliphatic carbocycles. The quantitative estimate of drug-likeness (QED) is 0.332. The monoisotopic (exact) mass is 411 g/mol. The Bertz CT molecular complexity index is 1020. The van der Waals surface area contributed by atoms with E-state index in [0.29, 0.717) is 5.76 Å². The molecule has 0 aliphatic heterocycles. The maximum atomic E-state index is 12.5. The summed E-state index contributed by atoms with van der Waals surface area (Å²) in [5.74, 6) is -0.563. The molecule has 2 amide bonds. The fourth-order valence-electron chi connectivity index (χ4n) is 2.70. The number of nitro groups is 1. The van der Waals surface area contributed by atoms with Crippen LogP contribution >= 0.6 is 11.8 Å². The molecule has 1 aromatic heterocycles. The molecule has 2 aromatic carbocycles. The van der Waals surface area contributed by atoms with Crippen LogP contribution < -0.4 is 11.1 Å². The number of furan rings is 1. The van der Waals surface area contributed by atoms with Crippen LogP contribution in [0.25, 0.3) is 0 Å². The van der Waals surface area contributed by atoms with Crippen LogP contribution in [0.3, 0.4) is 0 Å². The van der Waals surface area contributed by atoms with Crippen LogP contribution in [0, 0.1) is 10.1 Å². The highest BCUT2D eigenvalue weighted by atomic mass is 32.2. The fraction of sp³-hybridized carbons (Fsp3) is 0.100. The number of hydrogen-bond acceptors (Lipinski definition) is 6. The molecule has 3 aromatic rings.